The lowest BCUT2D eigenvalue weighted by molar-refractivity contribution is 0.159. The van der Waals surface area contributed by atoms with Crippen LogP contribution in [0.3, 0.4) is 0 Å². The van der Waals surface area contributed by atoms with Crippen molar-refractivity contribution in [1.29, 1.82) is 5.26 Å². The number of nitrogens with zero attached hydrogens (tertiary/aromatic N) is 3. The highest BCUT2D eigenvalue weighted by atomic mass is 35.5. The third kappa shape index (κ3) is 4.06. The molecule has 1 heterocycles. The van der Waals surface area contributed by atoms with Gasteiger partial charge in [0.15, 0.2) is 0 Å². The Labute approximate surface area is 166 Å². The smallest absolute Gasteiger partial charge is 0.247 e. The fourth-order valence-electron chi connectivity index (χ4n) is 2.58. The first kappa shape index (κ1) is 19.2. The van der Waals surface area contributed by atoms with Crippen molar-refractivity contribution in [2.24, 2.45) is 0 Å². The minimum absolute atomic E-state index is 0.222. The van der Waals surface area contributed by atoms with Crippen LogP contribution < -0.4 is 5.32 Å². The molecule has 0 saturated carbocycles. The normalized spacial score (nSPS) is 13.0. The summed E-state index contributed by atoms with van der Waals surface area (Å²) in [6, 6.07) is 11.8. The first-order valence-electron chi connectivity index (χ1n) is 8.14. The summed E-state index contributed by atoms with van der Waals surface area (Å²) in [6.45, 7) is 3.40. The highest BCUT2D eigenvalue weighted by molar-refractivity contribution is 6.32. The average Bonchev–Trinajstić information content (AvgIpc) is 3.12. The van der Waals surface area contributed by atoms with Crippen LogP contribution in [0, 0.1) is 18.3 Å². The van der Waals surface area contributed by atoms with E-state index in [-0.39, 0.29) is 5.89 Å². The molecule has 0 aliphatic heterocycles. The van der Waals surface area contributed by atoms with Gasteiger partial charge in [0.25, 0.3) is 0 Å². The van der Waals surface area contributed by atoms with Gasteiger partial charge in [0.2, 0.25) is 11.8 Å². The van der Waals surface area contributed by atoms with Crippen LogP contribution in [0.5, 0.6) is 0 Å². The number of nitrogens with one attached hydrogen (secondary N) is 1. The van der Waals surface area contributed by atoms with Crippen molar-refractivity contribution in [2.45, 2.75) is 26.0 Å². The van der Waals surface area contributed by atoms with Crippen LogP contribution >= 0.6 is 23.2 Å². The fourth-order valence-corrected chi connectivity index (χ4v) is 2.98. The maximum atomic E-state index is 10.2. The Morgan fingerprint density at radius 1 is 1.22 bits per heavy atom. The largest absolute Gasteiger partial charge is 0.418 e. The number of aliphatic hydroxyl groups is 1. The molecule has 2 N–H and O–H groups in total. The molecule has 27 heavy (non-hydrogen) atoms. The Morgan fingerprint density at radius 2 is 2.00 bits per heavy atom. The molecule has 3 rings (SSSR count). The quantitative estimate of drug-likeness (QED) is 0.638. The molecule has 0 radical (unpaired) electrons. The summed E-state index contributed by atoms with van der Waals surface area (Å²) >= 11 is 12.2. The van der Waals surface area contributed by atoms with Crippen LogP contribution in [0.15, 0.2) is 40.8 Å². The van der Waals surface area contributed by atoms with Crippen LogP contribution in [-0.2, 0) is 0 Å². The minimum Gasteiger partial charge on any atom is -0.418 e. The van der Waals surface area contributed by atoms with Gasteiger partial charge in [0, 0.05) is 16.3 Å². The van der Waals surface area contributed by atoms with Gasteiger partial charge in [-0.05, 0) is 49.7 Å². The van der Waals surface area contributed by atoms with Crippen molar-refractivity contribution in [3.63, 3.8) is 0 Å². The van der Waals surface area contributed by atoms with Crippen molar-refractivity contribution >= 4 is 28.9 Å². The molecule has 0 fully saturated rings. The molecule has 0 saturated heterocycles. The first-order valence-corrected chi connectivity index (χ1v) is 8.89. The maximum absolute atomic E-state index is 10.2. The number of aliphatic hydroxyl groups excluding tert-OH is 1. The number of benzene rings is 2. The van der Waals surface area contributed by atoms with E-state index in [1.807, 2.05) is 6.07 Å². The molecule has 138 valence electrons. The second-order valence-electron chi connectivity index (χ2n) is 6.03. The van der Waals surface area contributed by atoms with Gasteiger partial charge >= 0.3 is 0 Å². The molecular weight excluding hydrogens is 387 g/mol. The molecule has 3 aromatic rings. The van der Waals surface area contributed by atoms with E-state index >= 15 is 0 Å². The minimum atomic E-state index is -0.827. The number of halogens is 2. The monoisotopic (exact) mass is 402 g/mol. The van der Waals surface area contributed by atoms with Crippen LogP contribution in [0.25, 0.3) is 11.5 Å². The van der Waals surface area contributed by atoms with Crippen LogP contribution in [0.2, 0.25) is 10.0 Å². The molecule has 1 aromatic heterocycles. The zero-order chi connectivity index (χ0) is 19.6. The van der Waals surface area contributed by atoms with Gasteiger partial charge in [-0.2, -0.15) is 5.26 Å². The second-order valence-corrected chi connectivity index (χ2v) is 6.84. The summed E-state index contributed by atoms with van der Waals surface area (Å²) in [5.41, 5.74) is 2.42. The Kier molecular flexibility index (Phi) is 5.66. The molecular formula is C19H16Cl2N4O2. The van der Waals surface area contributed by atoms with E-state index < -0.39 is 12.1 Å². The van der Waals surface area contributed by atoms with Crippen molar-refractivity contribution < 1.29 is 9.52 Å². The topological polar surface area (TPSA) is 95.0 Å². The SMILES string of the molecule is Cc1c(N[C@@H](c2nnc(-c3cccc(Cl)c3)o2)[C@H](C)O)ccc(C#N)c1Cl. The van der Waals surface area contributed by atoms with Gasteiger partial charge in [-0.1, -0.05) is 29.3 Å². The van der Waals surface area contributed by atoms with Crippen molar-refractivity contribution in [3.05, 3.63) is 63.5 Å². The predicted octanol–water partition coefficient (Wildman–Crippen LogP) is 4.76. The molecule has 0 aliphatic rings. The zero-order valence-electron chi connectivity index (χ0n) is 14.6. The van der Waals surface area contributed by atoms with Gasteiger partial charge < -0.3 is 14.8 Å². The first-order chi connectivity index (χ1) is 12.9. The molecule has 0 amide bonds. The Morgan fingerprint density at radius 3 is 2.67 bits per heavy atom. The lowest BCUT2D eigenvalue weighted by atomic mass is 10.1. The summed E-state index contributed by atoms with van der Waals surface area (Å²) < 4.78 is 5.75. The summed E-state index contributed by atoms with van der Waals surface area (Å²) in [7, 11) is 0. The molecule has 0 unspecified atom stereocenters. The highest BCUT2D eigenvalue weighted by Gasteiger charge is 2.25. The van der Waals surface area contributed by atoms with Gasteiger partial charge in [-0.15, -0.1) is 10.2 Å². The third-order valence-corrected chi connectivity index (χ3v) is 4.80. The van der Waals surface area contributed by atoms with E-state index in [4.69, 9.17) is 32.9 Å². The van der Waals surface area contributed by atoms with E-state index in [1.54, 1.807) is 50.2 Å². The number of aromatic nitrogens is 2. The van der Waals surface area contributed by atoms with Crippen molar-refractivity contribution in [1.82, 2.24) is 10.2 Å². The van der Waals surface area contributed by atoms with E-state index in [1.165, 1.54) is 0 Å². The maximum Gasteiger partial charge on any atom is 0.247 e. The fraction of sp³-hybridized carbons (Fsp3) is 0.211. The number of rotatable bonds is 5. The second kappa shape index (κ2) is 7.97. The molecule has 2 atom stereocenters. The molecule has 6 nitrogen and oxygen atoms in total. The van der Waals surface area contributed by atoms with Gasteiger partial charge in [0.1, 0.15) is 12.1 Å². The summed E-state index contributed by atoms with van der Waals surface area (Å²) in [6.07, 6.45) is -0.827. The Balaban J connectivity index is 1.92. The van der Waals surface area contributed by atoms with Crippen molar-refractivity contribution in [2.75, 3.05) is 5.32 Å². The molecule has 0 spiro atoms. The predicted molar refractivity (Wildman–Crippen MR) is 104 cm³/mol. The Bertz CT molecular complexity index is 1010. The molecule has 0 bridgehead atoms. The van der Waals surface area contributed by atoms with Gasteiger partial charge in [0.05, 0.1) is 16.7 Å². The number of hydrogen-bond donors (Lipinski definition) is 2. The van der Waals surface area contributed by atoms with E-state index in [9.17, 15) is 5.11 Å². The van der Waals surface area contributed by atoms with Crippen LogP contribution in [0.4, 0.5) is 5.69 Å². The van der Waals surface area contributed by atoms with Gasteiger partial charge in [-0.25, -0.2) is 0 Å². The third-order valence-electron chi connectivity index (χ3n) is 4.08. The molecule has 8 heteroatoms. The average molecular weight is 403 g/mol. The standard InChI is InChI=1S/C19H16Cl2N4O2/c1-10-15(7-6-13(9-22)16(10)21)23-17(11(2)26)19-25-24-18(27-19)12-4-3-5-14(20)8-12/h3-8,11,17,23,26H,1-2H3/t11-,17+/m0/s1. The zero-order valence-corrected chi connectivity index (χ0v) is 16.1. The van der Waals surface area contributed by atoms with Crippen LogP contribution in [0.1, 0.15) is 30.0 Å². The van der Waals surface area contributed by atoms with Crippen molar-refractivity contribution in [3.8, 4) is 17.5 Å². The summed E-state index contributed by atoms with van der Waals surface area (Å²) in [5.74, 6) is 0.523. The van der Waals surface area contributed by atoms with Gasteiger partial charge in [-0.3, -0.25) is 0 Å². The summed E-state index contributed by atoms with van der Waals surface area (Å²) in [5, 5.41) is 31.5. The Hall–Kier alpha value is -2.59. The van der Waals surface area contributed by atoms with E-state index in [0.29, 0.717) is 38.3 Å². The van der Waals surface area contributed by atoms with E-state index in [0.717, 1.165) is 0 Å². The number of anilines is 1. The van der Waals surface area contributed by atoms with Crippen LogP contribution in [-0.4, -0.2) is 21.4 Å². The van der Waals surface area contributed by atoms with E-state index in [2.05, 4.69) is 15.5 Å². The lowest BCUT2D eigenvalue weighted by Gasteiger charge is -2.21. The number of hydrogen-bond acceptors (Lipinski definition) is 6. The lowest BCUT2D eigenvalue weighted by Crippen LogP contribution is -2.23. The summed E-state index contributed by atoms with van der Waals surface area (Å²) in [4.78, 5) is 0. The highest BCUT2D eigenvalue weighted by Crippen LogP contribution is 2.31. The molecule has 0 aliphatic carbocycles. The molecule has 2 aromatic carbocycles. The number of nitriles is 1.